The van der Waals surface area contributed by atoms with Crippen molar-refractivity contribution in [3.8, 4) is 0 Å². The van der Waals surface area contributed by atoms with E-state index in [-0.39, 0.29) is 49.3 Å². The van der Waals surface area contributed by atoms with Crippen molar-refractivity contribution in [3.63, 3.8) is 0 Å². The highest BCUT2D eigenvalue weighted by Gasteiger charge is 2.33. The predicted molar refractivity (Wildman–Crippen MR) is 214 cm³/mol. The Kier molecular flexibility index (Phi) is 19.5. The van der Waals surface area contributed by atoms with Gasteiger partial charge in [0.1, 0.15) is 11.6 Å². The second kappa shape index (κ2) is 24.5. The molecule has 2 aromatic rings. The molecular formula is C42H65N7O7. The van der Waals surface area contributed by atoms with Crippen LogP contribution in [0.2, 0.25) is 0 Å². The van der Waals surface area contributed by atoms with E-state index in [1.165, 1.54) is 5.56 Å². The third-order valence-corrected chi connectivity index (χ3v) is 10.9. The molecule has 0 bridgehead atoms. The van der Waals surface area contributed by atoms with Crippen LogP contribution in [0.3, 0.4) is 0 Å². The van der Waals surface area contributed by atoms with Crippen LogP contribution in [0.25, 0.3) is 0 Å². The van der Waals surface area contributed by atoms with E-state index >= 15 is 0 Å². The number of nitrogens with zero attached hydrogens (tertiary/aromatic N) is 4. The molecule has 2 aliphatic rings. The molecule has 4 heterocycles. The van der Waals surface area contributed by atoms with Crippen LogP contribution in [0.15, 0.2) is 18.5 Å². The molecule has 1 saturated heterocycles. The number of likely N-dealkylation sites (tertiary alicyclic amines) is 1. The van der Waals surface area contributed by atoms with E-state index in [1.807, 2.05) is 6.92 Å². The number of carboxylic acids is 1. The highest BCUT2D eigenvalue weighted by atomic mass is 16.4. The minimum Gasteiger partial charge on any atom is -0.481 e. The second-order valence-electron chi connectivity index (χ2n) is 15.6. The van der Waals surface area contributed by atoms with Crippen LogP contribution < -0.4 is 16.0 Å². The molecular weight excluding hydrogens is 715 g/mol. The minimum atomic E-state index is -0.813. The van der Waals surface area contributed by atoms with Gasteiger partial charge in [0.15, 0.2) is 0 Å². The number of aliphatic hydroxyl groups excluding tert-OH is 2. The summed E-state index contributed by atoms with van der Waals surface area (Å²) in [6, 6.07) is 1.91. The van der Waals surface area contributed by atoms with Gasteiger partial charge in [-0.2, -0.15) is 0 Å². The molecule has 0 unspecified atom stereocenters. The van der Waals surface area contributed by atoms with Crippen molar-refractivity contribution in [1.82, 2.24) is 30.5 Å². The zero-order valence-corrected chi connectivity index (χ0v) is 33.4. The number of fused-ring (bicyclic) bond motifs is 1. The summed E-state index contributed by atoms with van der Waals surface area (Å²) in [7, 11) is 0. The third-order valence-electron chi connectivity index (χ3n) is 10.9. The topological polar surface area (TPSA) is 207 Å². The van der Waals surface area contributed by atoms with Crippen LogP contribution in [0.1, 0.15) is 150 Å². The van der Waals surface area contributed by atoms with E-state index in [1.54, 1.807) is 17.3 Å². The van der Waals surface area contributed by atoms with Crippen molar-refractivity contribution in [2.75, 3.05) is 31.6 Å². The van der Waals surface area contributed by atoms with Crippen LogP contribution >= 0.6 is 0 Å². The smallest absolute Gasteiger partial charge is 0.303 e. The van der Waals surface area contributed by atoms with Gasteiger partial charge in [-0.25, -0.2) is 15.0 Å². The Labute approximate surface area is 332 Å². The van der Waals surface area contributed by atoms with Gasteiger partial charge in [0.25, 0.3) is 0 Å². The highest BCUT2D eigenvalue weighted by Crippen LogP contribution is 2.27. The SMILES string of the molecule is Cc1ncc([C@@H](CCCCCCc2nc3c(cc2CNC(=O)CCCCCCC(=O)NCCCCCC(=O)N2C[C@H](O)C[C@H]2CO)CCCN3)CC(=O)O)cn1. The lowest BCUT2D eigenvalue weighted by atomic mass is 9.92. The molecule has 0 radical (unpaired) electrons. The summed E-state index contributed by atoms with van der Waals surface area (Å²) in [5.41, 5.74) is 4.16. The van der Waals surface area contributed by atoms with E-state index in [0.29, 0.717) is 51.0 Å². The van der Waals surface area contributed by atoms with Crippen LogP contribution in [0.4, 0.5) is 5.82 Å². The number of aromatic nitrogens is 3. The number of carbonyl (C=O) groups excluding carboxylic acids is 3. The van der Waals surface area contributed by atoms with E-state index in [4.69, 9.17) is 4.98 Å². The molecule has 4 rings (SSSR count). The molecule has 3 atom stereocenters. The van der Waals surface area contributed by atoms with Gasteiger partial charge in [-0.3, -0.25) is 19.2 Å². The van der Waals surface area contributed by atoms with Crippen molar-refractivity contribution in [3.05, 3.63) is 46.7 Å². The molecule has 3 amide bonds. The second-order valence-corrected chi connectivity index (χ2v) is 15.6. The van der Waals surface area contributed by atoms with Crippen LogP contribution in [-0.4, -0.2) is 97.2 Å². The Balaban J connectivity index is 1.06. The number of β-amino-alcohol motifs (C(OH)–C–C–N with tert-alkyl or cyclic N) is 1. The predicted octanol–water partition coefficient (Wildman–Crippen LogP) is 4.88. The zero-order chi connectivity index (χ0) is 40.1. The molecule has 14 nitrogen and oxygen atoms in total. The van der Waals surface area contributed by atoms with Gasteiger partial charge in [0.2, 0.25) is 17.7 Å². The number of hydrogen-bond donors (Lipinski definition) is 6. The number of aryl methyl sites for hydroxylation is 3. The van der Waals surface area contributed by atoms with Crippen molar-refractivity contribution < 1.29 is 34.5 Å². The van der Waals surface area contributed by atoms with Crippen molar-refractivity contribution in [2.24, 2.45) is 0 Å². The lowest BCUT2D eigenvalue weighted by Crippen LogP contribution is -2.37. The molecule has 2 aliphatic heterocycles. The monoisotopic (exact) mass is 779 g/mol. The molecule has 14 heteroatoms. The van der Waals surface area contributed by atoms with Gasteiger partial charge in [-0.1, -0.05) is 38.5 Å². The van der Waals surface area contributed by atoms with Gasteiger partial charge in [-0.15, -0.1) is 0 Å². The van der Waals surface area contributed by atoms with Gasteiger partial charge >= 0.3 is 5.97 Å². The fourth-order valence-corrected chi connectivity index (χ4v) is 7.70. The number of nitrogens with one attached hydrogen (secondary N) is 3. The number of anilines is 1. The Hall–Kier alpha value is -4.17. The number of unbranched alkanes of at least 4 members (excludes halogenated alkanes) is 8. The van der Waals surface area contributed by atoms with E-state index in [2.05, 4.69) is 32.0 Å². The quantitative estimate of drug-likeness (QED) is 0.0710. The Morgan fingerprint density at radius 3 is 2.32 bits per heavy atom. The standard InChI is InChI=1S/C42H65N7O7/c1-30-45-26-34(27-46-30)31(23-41(55)56)14-7-2-3-8-16-37-33(22-32-15-13-21-44-42(32)48-37)25-47-39(53)18-10-5-4-9-17-38(52)43-20-12-6-11-19-40(54)49-28-36(51)24-35(49)29-50/h22,26-27,31,35-36,50-51H,2-21,23-25,28-29H2,1H3,(H,43,52)(H,44,48)(H,47,53)(H,55,56)/t31-,35-,36+/m0/s1. The largest absolute Gasteiger partial charge is 0.481 e. The molecule has 0 aromatic carbocycles. The molecule has 2 aromatic heterocycles. The van der Waals surface area contributed by atoms with Gasteiger partial charge in [0, 0.05) is 63.5 Å². The number of carbonyl (C=O) groups is 4. The number of rotatable bonds is 26. The summed E-state index contributed by atoms with van der Waals surface area (Å²) < 4.78 is 0. The summed E-state index contributed by atoms with van der Waals surface area (Å²) in [4.78, 5) is 64.0. The third kappa shape index (κ3) is 15.8. The Morgan fingerprint density at radius 1 is 0.911 bits per heavy atom. The lowest BCUT2D eigenvalue weighted by Gasteiger charge is -2.22. The summed E-state index contributed by atoms with van der Waals surface area (Å²) >= 11 is 0. The first-order valence-electron chi connectivity index (χ1n) is 21.0. The molecule has 1 fully saturated rings. The number of pyridine rings is 1. The van der Waals surface area contributed by atoms with Gasteiger partial charge in [-0.05, 0) is 99.8 Å². The first-order valence-corrected chi connectivity index (χ1v) is 21.0. The maximum atomic E-state index is 12.8. The van der Waals surface area contributed by atoms with Crippen molar-refractivity contribution in [1.29, 1.82) is 0 Å². The lowest BCUT2D eigenvalue weighted by molar-refractivity contribution is -0.137. The number of amides is 3. The maximum Gasteiger partial charge on any atom is 0.303 e. The van der Waals surface area contributed by atoms with Crippen molar-refractivity contribution in [2.45, 2.75) is 160 Å². The molecule has 56 heavy (non-hydrogen) atoms. The fourth-order valence-electron chi connectivity index (χ4n) is 7.70. The normalized spacial score (nSPS) is 16.9. The average molecular weight is 780 g/mol. The van der Waals surface area contributed by atoms with Crippen LogP contribution in [0, 0.1) is 6.92 Å². The highest BCUT2D eigenvalue weighted by molar-refractivity contribution is 5.77. The van der Waals surface area contributed by atoms with E-state index < -0.39 is 12.1 Å². The summed E-state index contributed by atoms with van der Waals surface area (Å²) in [6.45, 7) is 3.92. The number of aliphatic carboxylic acids is 1. The minimum absolute atomic E-state index is 0.0207. The molecule has 310 valence electrons. The van der Waals surface area contributed by atoms with Gasteiger partial charge < -0.3 is 36.2 Å². The van der Waals surface area contributed by atoms with Crippen molar-refractivity contribution >= 4 is 29.5 Å². The van der Waals surface area contributed by atoms with Crippen LogP contribution in [-0.2, 0) is 38.6 Å². The first kappa shape index (κ1) is 44.5. The number of carboxylic acid groups (broad SMARTS) is 1. The molecule has 6 N–H and O–H groups in total. The molecule has 0 spiro atoms. The summed E-state index contributed by atoms with van der Waals surface area (Å²) in [6.07, 6.45) is 17.9. The Morgan fingerprint density at radius 2 is 1.59 bits per heavy atom. The maximum absolute atomic E-state index is 12.8. The first-order chi connectivity index (χ1) is 27.1. The number of hydrogen-bond acceptors (Lipinski definition) is 10. The zero-order valence-electron chi connectivity index (χ0n) is 33.4. The average Bonchev–Trinajstić information content (AvgIpc) is 3.58. The van der Waals surface area contributed by atoms with E-state index in [9.17, 15) is 34.5 Å². The Bertz CT molecular complexity index is 1540. The summed E-state index contributed by atoms with van der Waals surface area (Å²) in [5.74, 6) is 0.731. The number of aliphatic hydroxyl groups is 2. The van der Waals surface area contributed by atoms with Gasteiger partial charge in [0.05, 0.1) is 25.2 Å². The fraction of sp³-hybridized carbons (Fsp3) is 0.690. The van der Waals surface area contributed by atoms with E-state index in [0.717, 1.165) is 119 Å². The molecule has 0 aliphatic carbocycles. The molecule has 0 saturated carbocycles. The van der Waals surface area contributed by atoms with Crippen LogP contribution in [0.5, 0.6) is 0 Å². The summed E-state index contributed by atoms with van der Waals surface area (Å²) in [5, 5.41) is 38.1.